The molecule has 3 N–H and O–H groups in total. The highest BCUT2D eigenvalue weighted by molar-refractivity contribution is 5.85. The number of H-pyrrole nitrogens is 1. The number of benzene rings is 1. The van der Waals surface area contributed by atoms with E-state index in [0.29, 0.717) is 13.1 Å². The van der Waals surface area contributed by atoms with E-state index in [4.69, 9.17) is 10.5 Å². The molecular weight excluding hydrogens is 406 g/mol. The Morgan fingerprint density at radius 1 is 1.25 bits per heavy atom. The third-order valence-electron chi connectivity index (χ3n) is 5.25. The molecule has 0 spiro atoms. The summed E-state index contributed by atoms with van der Waals surface area (Å²) >= 11 is 0. The van der Waals surface area contributed by atoms with E-state index in [1.807, 2.05) is 4.90 Å². The molecule has 1 amide bonds. The van der Waals surface area contributed by atoms with Gasteiger partial charge in [-0.05, 0) is 55.5 Å². The number of aromatic amines is 1. The van der Waals surface area contributed by atoms with Crippen molar-refractivity contribution in [3.63, 3.8) is 0 Å². The second-order valence-electron chi connectivity index (χ2n) is 6.94. The second kappa shape index (κ2) is 9.69. The van der Waals surface area contributed by atoms with Crippen LogP contribution in [0.15, 0.2) is 30.5 Å². The molecule has 1 aromatic heterocycles. The van der Waals surface area contributed by atoms with Crippen LogP contribution in [0, 0.1) is 5.82 Å². The molecule has 2 saturated heterocycles. The molecule has 4 rings (SSSR count). The number of rotatable bonds is 4. The second-order valence-corrected chi connectivity index (χ2v) is 6.94. The Morgan fingerprint density at radius 2 is 2.00 bits per heavy atom. The Morgan fingerprint density at radius 3 is 2.68 bits per heavy atom. The lowest BCUT2D eigenvalue weighted by atomic mass is 10.1. The van der Waals surface area contributed by atoms with E-state index in [0.717, 1.165) is 42.8 Å². The normalized spacial score (nSPS) is 23.9. The summed E-state index contributed by atoms with van der Waals surface area (Å²) < 4.78 is 18.9. The Hall–Kier alpha value is -1.67. The SMILES string of the molecule is Cl.Cl.NC[C@H]1CC[C@@H](C(=O)N2CCCC2c2ncc(-c3ccc(F)cc3)[nH]2)O1. The number of carbonyl (C=O) groups is 1. The van der Waals surface area contributed by atoms with Gasteiger partial charge in [0, 0.05) is 13.1 Å². The monoisotopic (exact) mass is 430 g/mol. The number of hydrogen-bond donors (Lipinski definition) is 2. The predicted molar refractivity (Wildman–Crippen MR) is 109 cm³/mol. The number of imidazole rings is 1. The van der Waals surface area contributed by atoms with E-state index in [1.165, 1.54) is 12.1 Å². The van der Waals surface area contributed by atoms with E-state index < -0.39 is 6.10 Å². The van der Waals surface area contributed by atoms with Crippen molar-refractivity contribution in [3.05, 3.63) is 42.1 Å². The lowest BCUT2D eigenvalue weighted by Crippen LogP contribution is -2.39. The molecule has 3 heterocycles. The van der Waals surface area contributed by atoms with Gasteiger partial charge in [-0.15, -0.1) is 24.8 Å². The molecule has 2 aromatic rings. The van der Waals surface area contributed by atoms with E-state index in [1.54, 1.807) is 18.3 Å². The number of ether oxygens (including phenoxy) is 1. The largest absolute Gasteiger partial charge is 0.364 e. The number of amides is 1. The van der Waals surface area contributed by atoms with Gasteiger partial charge < -0.3 is 20.4 Å². The number of hydrogen-bond acceptors (Lipinski definition) is 4. The first-order valence-corrected chi connectivity index (χ1v) is 9.12. The third-order valence-corrected chi connectivity index (χ3v) is 5.25. The fraction of sp³-hybridized carbons (Fsp3) is 0.474. The maximum Gasteiger partial charge on any atom is 0.252 e. The molecule has 1 unspecified atom stereocenters. The van der Waals surface area contributed by atoms with Crippen molar-refractivity contribution in [2.24, 2.45) is 5.73 Å². The number of aromatic nitrogens is 2. The predicted octanol–water partition coefficient (Wildman–Crippen LogP) is 3.23. The van der Waals surface area contributed by atoms with Crippen molar-refractivity contribution in [2.45, 2.75) is 43.9 Å². The first kappa shape index (κ1) is 22.6. The van der Waals surface area contributed by atoms with Gasteiger partial charge in [-0.2, -0.15) is 0 Å². The van der Waals surface area contributed by atoms with Crippen LogP contribution in [0.25, 0.3) is 11.3 Å². The molecular formula is C19H25Cl2FN4O2. The summed E-state index contributed by atoms with van der Waals surface area (Å²) in [5, 5.41) is 0. The first-order valence-electron chi connectivity index (χ1n) is 9.12. The van der Waals surface area contributed by atoms with Crippen LogP contribution in [0.3, 0.4) is 0 Å². The molecule has 9 heteroatoms. The summed E-state index contributed by atoms with van der Waals surface area (Å²) in [6.07, 6.45) is 4.70. The van der Waals surface area contributed by atoms with E-state index in [9.17, 15) is 9.18 Å². The maximum absolute atomic E-state index is 13.1. The highest BCUT2D eigenvalue weighted by Crippen LogP contribution is 2.34. The molecule has 3 atom stereocenters. The van der Waals surface area contributed by atoms with Crippen molar-refractivity contribution in [1.82, 2.24) is 14.9 Å². The lowest BCUT2D eigenvalue weighted by molar-refractivity contribution is -0.143. The van der Waals surface area contributed by atoms with Crippen LogP contribution in [0.2, 0.25) is 0 Å². The molecule has 28 heavy (non-hydrogen) atoms. The lowest BCUT2D eigenvalue weighted by Gasteiger charge is -2.26. The third kappa shape index (κ3) is 4.49. The Labute approximate surface area is 175 Å². The van der Waals surface area contributed by atoms with Gasteiger partial charge in [-0.1, -0.05) is 0 Å². The molecule has 154 valence electrons. The summed E-state index contributed by atoms with van der Waals surface area (Å²) in [7, 11) is 0. The van der Waals surface area contributed by atoms with Crippen molar-refractivity contribution in [2.75, 3.05) is 13.1 Å². The molecule has 2 aliphatic heterocycles. The topological polar surface area (TPSA) is 84.2 Å². The van der Waals surface area contributed by atoms with Gasteiger partial charge in [0.1, 0.15) is 17.7 Å². The van der Waals surface area contributed by atoms with Gasteiger partial charge in [0.2, 0.25) is 0 Å². The number of nitrogens with two attached hydrogens (primary N) is 1. The van der Waals surface area contributed by atoms with Gasteiger partial charge in [-0.3, -0.25) is 4.79 Å². The zero-order chi connectivity index (χ0) is 18.1. The zero-order valence-corrected chi connectivity index (χ0v) is 17.0. The van der Waals surface area contributed by atoms with Crippen LogP contribution in [0.5, 0.6) is 0 Å². The zero-order valence-electron chi connectivity index (χ0n) is 15.3. The summed E-state index contributed by atoms with van der Waals surface area (Å²) in [4.78, 5) is 22.5. The fourth-order valence-electron chi connectivity index (χ4n) is 3.84. The summed E-state index contributed by atoms with van der Waals surface area (Å²) in [5.41, 5.74) is 7.33. The smallest absolute Gasteiger partial charge is 0.252 e. The quantitative estimate of drug-likeness (QED) is 0.779. The Bertz CT molecular complexity index is 786. The van der Waals surface area contributed by atoms with Crippen LogP contribution in [0.4, 0.5) is 4.39 Å². The molecule has 0 bridgehead atoms. The van der Waals surface area contributed by atoms with Crippen molar-refractivity contribution >= 4 is 30.7 Å². The highest BCUT2D eigenvalue weighted by Gasteiger charge is 2.39. The Balaban J connectivity index is 0.00000140. The van der Waals surface area contributed by atoms with E-state index in [2.05, 4.69) is 9.97 Å². The highest BCUT2D eigenvalue weighted by atomic mass is 35.5. The number of halogens is 3. The fourth-order valence-corrected chi connectivity index (χ4v) is 3.84. The minimum absolute atomic E-state index is 0. The minimum atomic E-state index is -0.393. The molecule has 2 aliphatic rings. The minimum Gasteiger partial charge on any atom is -0.364 e. The van der Waals surface area contributed by atoms with Crippen molar-refractivity contribution in [1.29, 1.82) is 0 Å². The Kier molecular flexibility index (Phi) is 7.83. The summed E-state index contributed by atoms with van der Waals surface area (Å²) in [6.45, 7) is 1.16. The standard InChI is InChI=1S/C19H23FN4O2.2ClH/c20-13-5-3-12(4-6-13)15-11-22-18(23-15)16-2-1-9-24(16)19(25)17-8-7-14(10-21)26-17;;/h3-6,11,14,16-17H,1-2,7-10,21H2,(H,22,23);2*1H/t14-,16?,17+;;/m1../s1. The molecule has 0 radical (unpaired) electrons. The van der Waals surface area contributed by atoms with Crippen LogP contribution >= 0.6 is 24.8 Å². The average Bonchev–Trinajstić information content (AvgIpc) is 3.40. The first-order chi connectivity index (χ1) is 12.7. The summed E-state index contributed by atoms with van der Waals surface area (Å²) in [6, 6.07) is 6.20. The van der Waals surface area contributed by atoms with Gasteiger partial charge in [-0.25, -0.2) is 9.37 Å². The number of likely N-dealkylation sites (tertiary alicyclic amines) is 1. The van der Waals surface area contributed by atoms with Crippen LogP contribution in [-0.4, -0.2) is 46.1 Å². The number of carbonyl (C=O) groups excluding carboxylic acids is 1. The number of nitrogens with zero attached hydrogens (tertiary/aromatic N) is 2. The molecule has 2 fully saturated rings. The molecule has 1 aromatic carbocycles. The maximum atomic E-state index is 13.1. The van der Waals surface area contributed by atoms with Gasteiger partial charge in [0.15, 0.2) is 0 Å². The van der Waals surface area contributed by atoms with Crippen LogP contribution < -0.4 is 5.73 Å². The van der Waals surface area contributed by atoms with Crippen LogP contribution in [-0.2, 0) is 9.53 Å². The summed E-state index contributed by atoms with van der Waals surface area (Å²) in [5.74, 6) is 0.528. The van der Waals surface area contributed by atoms with Crippen molar-refractivity contribution < 1.29 is 13.9 Å². The van der Waals surface area contributed by atoms with E-state index in [-0.39, 0.29) is 48.7 Å². The van der Waals surface area contributed by atoms with E-state index >= 15 is 0 Å². The molecule has 0 saturated carbocycles. The number of nitrogens with one attached hydrogen (secondary N) is 1. The van der Waals surface area contributed by atoms with Crippen LogP contribution in [0.1, 0.15) is 37.5 Å². The van der Waals surface area contributed by atoms with Gasteiger partial charge in [0.05, 0.1) is 24.0 Å². The van der Waals surface area contributed by atoms with Gasteiger partial charge >= 0.3 is 0 Å². The molecule has 0 aliphatic carbocycles. The van der Waals surface area contributed by atoms with Gasteiger partial charge in [0.25, 0.3) is 5.91 Å². The molecule has 6 nitrogen and oxygen atoms in total. The average molecular weight is 431 g/mol. The van der Waals surface area contributed by atoms with Crippen molar-refractivity contribution in [3.8, 4) is 11.3 Å².